The highest BCUT2D eigenvalue weighted by atomic mass is 15.0. The summed E-state index contributed by atoms with van der Waals surface area (Å²) in [6.07, 6.45) is 11.4. The van der Waals surface area contributed by atoms with Crippen LogP contribution in [0.25, 0.3) is 0 Å². The van der Waals surface area contributed by atoms with Gasteiger partial charge in [0.05, 0.1) is 17.4 Å². The summed E-state index contributed by atoms with van der Waals surface area (Å²) in [7, 11) is 0. The van der Waals surface area contributed by atoms with E-state index in [2.05, 4.69) is 21.7 Å². The highest BCUT2D eigenvalue weighted by molar-refractivity contribution is 5.55. The molecule has 0 radical (unpaired) electrons. The van der Waals surface area contributed by atoms with Crippen molar-refractivity contribution in [3.63, 3.8) is 0 Å². The molecule has 0 aromatic carbocycles. The van der Waals surface area contributed by atoms with Gasteiger partial charge in [-0.1, -0.05) is 25.7 Å². The van der Waals surface area contributed by atoms with Gasteiger partial charge in [-0.2, -0.15) is 5.26 Å². The summed E-state index contributed by atoms with van der Waals surface area (Å²) in [6.45, 7) is 1.77. The van der Waals surface area contributed by atoms with E-state index >= 15 is 0 Å². The molecule has 0 bridgehead atoms. The lowest BCUT2D eigenvalue weighted by Crippen LogP contribution is -2.32. The maximum atomic E-state index is 8.98. The molecule has 1 aliphatic rings. The van der Waals surface area contributed by atoms with E-state index in [9.17, 15) is 0 Å². The average molecular weight is 258 g/mol. The van der Waals surface area contributed by atoms with Crippen molar-refractivity contribution in [2.75, 3.05) is 18.4 Å². The number of nitrogens with zero attached hydrogens (tertiary/aromatic N) is 2. The van der Waals surface area contributed by atoms with Crippen molar-refractivity contribution in [3.05, 3.63) is 24.0 Å². The molecule has 1 saturated carbocycles. The van der Waals surface area contributed by atoms with Crippen molar-refractivity contribution in [1.82, 2.24) is 10.3 Å². The zero-order chi connectivity index (χ0) is 13.3. The van der Waals surface area contributed by atoms with Crippen LogP contribution in [0.2, 0.25) is 0 Å². The van der Waals surface area contributed by atoms with Crippen LogP contribution < -0.4 is 10.6 Å². The van der Waals surface area contributed by atoms with Gasteiger partial charge in [0.25, 0.3) is 0 Å². The monoisotopic (exact) mass is 258 g/mol. The third kappa shape index (κ3) is 4.53. The van der Waals surface area contributed by atoms with Gasteiger partial charge in [-0.15, -0.1) is 0 Å². The van der Waals surface area contributed by atoms with E-state index in [1.165, 1.54) is 38.5 Å². The first-order chi connectivity index (χ1) is 9.40. The summed E-state index contributed by atoms with van der Waals surface area (Å²) < 4.78 is 0. The Balaban J connectivity index is 1.70. The van der Waals surface area contributed by atoms with E-state index in [1.807, 2.05) is 0 Å². The highest BCUT2D eigenvalue weighted by Crippen LogP contribution is 2.17. The standard InChI is InChI=1S/C15H22N4/c16-11-13-7-8-17-12-15(13)19-10-9-18-14-5-3-1-2-4-6-14/h7-8,12,14,18-19H,1-6,9-10H2. The van der Waals surface area contributed by atoms with Crippen LogP contribution in [0.15, 0.2) is 18.5 Å². The van der Waals surface area contributed by atoms with Crippen LogP contribution in [0.4, 0.5) is 5.69 Å². The Morgan fingerprint density at radius 3 is 2.74 bits per heavy atom. The molecule has 4 heteroatoms. The minimum atomic E-state index is 0.657. The molecule has 0 unspecified atom stereocenters. The fourth-order valence-electron chi connectivity index (χ4n) is 2.59. The quantitative estimate of drug-likeness (QED) is 0.629. The molecule has 1 fully saturated rings. The number of nitrogens with one attached hydrogen (secondary N) is 2. The summed E-state index contributed by atoms with van der Waals surface area (Å²) in [4.78, 5) is 4.04. The average Bonchev–Trinajstić information content (AvgIpc) is 2.72. The Labute approximate surface area is 115 Å². The van der Waals surface area contributed by atoms with Crippen LogP contribution in [-0.2, 0) is 0 Å². The molecule has 2 rings (SSSR count). The number of pyridine rings is 1. The predicted octanol–water partition coefficient (Wildman–Crippen LogP) is 2.68. The van der Waals surface area contributed by atoms with E-state index in [-0.39, 0.29) is 0 Å². The summed E-state index contributed by atoms with van der Waals surface area (Å²) in [5.74, 6) is 0. The zero-order valence-corrected chi connectivity index (χ0v) is 11.4. The molecule has 1 aromatic rings. The van der Waals surface area contributed by atoms with Gasteiger partial charge in [-0.3, -0.25) is 4.98 Å². The molecule has 0 saturated heterocycles. The minimum Gasteiger partial charge on any atom is -0.381 e. The zero-order valence-electron chi connectivity index (χ0n) is 11.4. The van der Waals surface area contributed by atoms with Crippen LogP contribution in [0, 0.1) is 11.3 Å². The first-order valence-corrected chi connectivity index (χ1v) is 7.21. The predicted molar refractivity (Wildman–Crippen MR) is 76.9 cm³/mol. The molecule has 1 aliphatic carbocycles. The van der Waals surface area contributed by atoms with E-state index in [0.717, 1.165) is 18.8 Å². The van der Waals surface area contributed by atoms with Gasteiger partial charge in [-0.05, 0) is 18.9 Å². The first-order valence-electron chi connectivity index (χ1n) is 7.21. The number of hydrogen-bond donors (Lipinski definition) is 2. The second kappa shape index (κ2) is 7.75. The van der Waals surface area contributed by atoms with E-state index in [0.29, 0.717) is 11.6 Å². The van der Waals surface area contributed by atoms with Crippen LogP contribution in [0.5, 0.6) is 0 Å². The van der Waals surface area contributed by atoms with E-state index in [1.54, 1.807) is 18.5 Å². The van der Waals surface area contributed by atoms with Crippen molar-refractivity contribution in [2.45, 2.75) is 44.6 Å². The van der Waals surface area contributed by atoms with Gasteiger partial charge in [0.2, 0.25) is 0 Å². The first kappa shape index (κ1) is 13.8. The van der Waals surface area contributed by atoms with E-state index < -0.39 is 0 Å². The lowest BCUT2D eigenvalue weighted by Gasteiger charge is -2.16. The Hall–Kier alpha value is -1.60. The molecule has 2 N–H and O–H groups in total. The van der Waals surface area contributed by atoms with Crippen LogP contribution in [0.3, 0.4) is 0 Å². The molecular weight excluding hydrogens is 236 g/mol. The summed E-state index contributed by atoms with van der Waals surface area (Å²) in [5, 5.41) is 15.9. The van der Waals surface area contributed by atoms with Crippen molar-refractivity contribution >= 4 is 5.69 Å². The van der Waals surface area contributed by atoms with Gasteiger partial charge >= 0.3 is 0 Å². The molecule has 0 spiro atoms. The number of rotatable bonds is 5. The lowest BCUT2D eigenvalue weighted by molar-refractivity contribution is 0.468. The Bertz CT molecular complexity index is 416. The largest absolute Gasteiger partial charge is 0.381 e. The molecule has 0 atom stereocenters. The number of nitriles is 1. The topological polar surface area (TPSA) is 60.7 Å². The van der Waals surface area contributed by atoms with Gasteiger partial charge in [0.15, 0.2) is 0 Å². The third-order valence-corrected chi connectivity index (χ3v) is 3.67. The maximum Gasteiger partial charge on any atom is 0.101 e. The smallest absolute Gasteiger partial charge is 0.101 e. The Kier molecular flexibility index (Phi) is 5.64. The molecule has 0 aliphatic heterocycles. The van der Waals surface area contributed by atoms with Crippen LogP contribution in [-0.4, -0.2) is 24.1 Å². The summed E-state index contributed by atoms with van der Waals surface area (Å²) in [5.41, 5.74) is 1.48. The number of anilines is 1. The molecular formula is C15H22N4. The molecule has 4 nitrogen and oxygen atoms in total. The third-order valence-electron chi connectivity index (χ3n) is 3.67. The SMILES string of the molecule is N#Cc1ccncc1NCCNC1CCCCCC1. The van der Waals surface area contributed by atoms with Gasteiger partial charge in [0.1, 0.15) is 6.07 Å². The maximum absolute atomic E-state index is 8.98. The van der Waals surface area contributed by atoms with Crippen molar-refractivity contribution in [3.8, 4) is 6.07 Å². The summed E-state index contributed by atoms with van der Waals surface area (Å²) in [6, 6.07) is 4.58. The molecule has 102 valence electrons. The normalized spacial score (nSPS) is 16.6. The van der Waals surface area contributed by atoms with E-state index in [4.69, 9.17) is 5.26 Å². The number of aromatic nitrogens is 1. The molecule has 1 aromatic heterocycles. The summed E-state index contributed by atoms with van der Waals surface area (Å²) >= 11 is 0. The fraction of sp³-hybridized carbons (Fsp3) is 0.600. The molecule has 0 amide bonds. The fourth-order valence-corrected chi connectivity index (χ4v) is 2.59. The van der Waals surface area contributed by atoms with Gasteiger partial charge in [-0.25, -0.2) is 0 Å². The lowest BCUT2D eigenvalue weighted by atomic mass is 10.1. The van der Waals surface area contributed by atoms with Crippen LogP contribution >= 0.6 is 0 Å². The number of hydrogen-bond acceptors (Lipinski definition) is 4. The Morgan fingerprint density at radius 2 is 2.00 bits per heavy atom. The van der Waals surface area contributed by atoms with Crippen molar-refractivity contribution in [1.29, 1.82) is 5.26 Å². The second-order valence-electron chi connectivity index (χ2n) is 5.10. The highest BCUT2D eigenvalue weighted by Gasteiger charge is 2.10. The molecule has 19 heavy (non-hydrogen) atoms. The van der Waals surface area contributed by atoms with Crippen molar-refractivity contribution in [2.24, 2.45) is 0 Å². The second-order valence-corrected chi connectivity index (χ2v) is 5.10. The molecule has 1 heterocycles. The van der Waals surface area contributed by atoms with Gasteiger partial charge in [0, 0.05) is 25.3 Å². The Morgan fingerprint density at radius 1 is 1.21 bits per heavy atom. The van der Waals surface area contributed by atoms with Gasteiger partial charge < -0.3 is 10.6 Å². The minimum absolute atomic E-state index is 0.657. The van der Waals surface area contributed by atoms with Crippen LogP contribution in [0.1, 0.15) is 44.1 Å². The van der Waals surface area contributed by atoms with Crippen molar-refractivity contribution < 1.29 is 0 Å².